The lowest BCUT2D eigenvalue weighted by Gasteiger charge is -2.42. The topological polar surface area (TPSA) is 104 Å². The lowest BCUT2D eigenvalue weighted by atomic mass is 9.69. The maximum atomic E-state index is 12.6. The van der Waals surface area contributed by atoms with Crippen molar-refractivity contribution in [1.29, 1.82) is 0 Å². The van der Waals surface area contributed by atoms with E-state index in [0.717, 1.165) is 12.1 Å². The van der Waals surface area contributed by atoms with Gasteiger partial charge in [-0.25, -0.2) is 0 Å². The highest BCUT2D eigenvalue weighted by molar-refractivity contribution is 7.85. The minimum absolute atomic E-state index is 0.0741. The maximum Gasteiger partial charge on any atom is 0.416 e. The predicted molar refractivity (Wildman–Crippen MR) is 108 cm³/mol. The Kier molecular flexibility index (Phi) is 7.32. The van der Waals surface area contributed by atoms with Crippen LogP contribution < -0.4 is 5.32 Å². The van der Waals surface area contributed by atoms with Gasteiger partial charge in [-0.15, -0.1) is 0 Å². The van der Waals surface area contributed by atoms with Crippen LogP contribution in [0.5, 0.6) is 0 Å². The van der Waals surface area contributed by atoms with Crippen molar-refractivity contribution in [3.8, 4) is 0 Å². The number of halogens is 3. The molecule has 2 atom stereocenters. The summed E-state index contributed by atoms with van der Waals surface area (Å²) in [5.41, 5.74) is -2.91. The normalized spacial score (nSPS) is 24.3. The van der Waals surface area contributed by atoms with Crippen molar-refractivity contribution in [3.05, 3.63) is 65.7 Å². The van der Waals surface area contributed by atoms with E-state index < -0.39 is 38.8 Å². The van der Waals surface area contributed by atoms with E-state index in [0.29, 0.717) is 24.8 Å². The summed E-state index contributed by atoms with van der Waals surface area (Å²) in [6.45, 7) is 1.45. The fourth-order valence-electron chi connectivity index (χ4n) is 3.58. The van der Waals surface area contributed by atoms with Crippen LogP contribution in [0.2, 0.25) is 0 Å². The van der Waals surface area contributed by atoms with Gasteiger partial charge in [0.25, 0.3) is 10.1 Å². The van der Waals surface area contributed by atoms with Gasteiger partial charge in [0.15, 0.2) is 5.78 Å². The molecule has 2 aromatic rings. The van der Waals surface area contributed by atoms with E-state index in [1.165, 1.54) is 31.2 Å². The number of rotatable bonds is 3. The van der Waals surface area contributed by atoms with Crippen LogP contribution in [0.1, 0.15) is 37.3 Å². The van der Waals surface area contributed by atoms with Crippen LogP contribution in [0.4, 0.5) is 13.2 Å². The number of Topliss-reactive ketones (excluding diaryl/α,β-unsaturated/α-hetero) is 1. The average Bonchev–Trinajstić information content (AvgIpc) is 2.70. The Hall–Kier alpha value is -2.27. The Balaban J connectivity index is 0.000000285. The van der Waals surface area contributed by atoms with Crippen LogP contribution in [-0.4, -0.2) is 36.5 Å². The molecule has 1 aliphatic rings. The molecule has 3 rings (SSSR count). The van der Waals surface area contributed by atoms with Crippen molar-refractivity contribution in [2.45, 2.75) is 48.4 Å². The van der Waals surface area contributed by atoms with Crippen molar-refractivity contribution in [1.82, 2.24) is 5.32 Å². The minimum atomic E-state index is -4.41. The van der Waals surface area contributed by atoms with Gasteiger partial charge in [-0.2, -0.15) is 21.6 Å². The van der Waals surface area contributed by atoms with Gasteiger partial charge in [-0.05, 0) is 63.1 Å². The Morgan fingerprint density at radius 1 is 1.00 bits per heavy atom. The fraction of sp³-hybridized carbons (Fsp3) is 0.381. The summed E-state index contributed by atoms with van der Waals surface area (Å²) in [5, 5.41) is 13.1. The molecule has 3 N–H and O–H groups in total. The monoisotopic (exact) mass is 459 g/mol. The van der Waals surface area contributed by atoms with Crippen LogP contribution in [0.3, 0.4) is 0 Å². The van der Waals surface area contributed by atoms with Crippen molar-refractivity contribution >= 4 is 15.9 Å². The van der Waals surface area contributed by atoms with Crippen molar-refractivity contribution < 1.29 is 36.0 Å². The molecule has 1 fully saturated rings. The minimum Gasteiger partial charge on any atom is -0.382 e. The molecule has 31 heavy (non-hydrogen) atoms. The first-order valence-corrected chi connectivity index (χ1v) is 10.8. The quantitative estimate of drug-likeness (QED) is 0.607. The van der Waals surface area contributed by atoms with Crippen molar-refractivity contribution in [2.24, 2.45) is 0 Å². The van der Waals surface area contributed by atoms with Gasteiger partial charge in [0.1, 0.15) is 11.1 Å². The molecule has 0 unspecified atom stereocenters. The highest BCUT2D eigenvalue weighted by Gasteiger charge is 2.50. The molecule has 0 spiro atoms. The molecule has 0 bridgehead atoms. The summed E-state index contributed by atoms with van der Waals surface area (Å²) in [4.78, 5) is 12.5. The zero-order valence-electron chi connectivity index (χ0n) is 17.0. The molecule has 0 amide bonds. The number of hydrogen-bond donors (Lipinski definition) is 3. The highest BCUT2D eigenvalue weighted by Crippen LogP contribution is 2.39. The van der Waals surface area contributed by atoms with Gasteiger partial charge in [0.2, 0.25) is 0 Å². The smallest absolute Gasteiger partial charge is 0.382 e. The number of ketones is 1. The molecule has 6 nitrogen and oxygen atoms in total. The standard InChI is InChI=1S/C15H18F3NO2.C6H6O3S/c1-13(21)8-3-9-14(19-2,12(13)20)10-4-6-11(7-5-10)15(16,17)18;7-10(8,9)6-4-2-1-3-5-6/h4-7,19,21H,3,8-9H2,1-2H3;1-5H,(H,7,8,9)/t13-,14+;/m0./s1. The molecule has 10 heteroatoms. The van der Waals surface area contributed by atoms with Crippen LogP contribution in [0.15, 0.2) is 59.5 Å². The Labute approximate surface area is 178 Å². The van der Waals surface area contributed by atoms with Crippen LogP contribution >= 0.6 is 0 Å². The molecule has 0 heterocycles. The third-order valence-corrected chi connectivity index (χ3v) is 6.13. The van der Waals surface area contributed by atoms with E-state index in [1.54, 1.807) is 25.2 Å². The van der Waals surface area contributed by atoms with E-state index in [1.807, 2.05) is 0 Å². The number of carbonyl (C=O) groups is 1. The summed E-state index contributed by atoms with van der Waals surface area (Å²) in [7, 11) is -2.42. The van der Waals surface area contributed by atoms with Gasteiger partial charge in [0.05, 0.1) is 10.5 Å². The third-order valence-electron chi connectivity index (χ3n) is 5.27. The Morgan fingerprint density at radius 3 is 1.97 bits per heavy atom. The zero-order valence-corrected chi connectivity index (χ0v) is 17.8. The molecule has 0 saturated heterocycles. The predicted octanol–water partition coefficient (Wildman–Crippen LogP) is 3.56. The molecule has 170 valence electrons. The average molecular weight is 459 g/mol. The molecule has 0 aliphatic heterocycles. The van der Waals surface area contributed by atoms with Gasteiger partial charge in [-0.1, -0.05) is 30.3 Å². The summed E-state index contributed by atoms with van der Waals surface area (Å²) < 4.78 is 67.1. The molecular weight excluding hydrogens is 435 g/mol. The molecule has 0 radical (unpaired) electrons. The highest BCUT2D eigenvalue weighted by atomic mass is 32.2. The number of aliphatic hydroxyl groups is 1. The third kappa shape index (κ3) is 5.70. The SMILES string of the molecule is CN[C@@]1(c2ccc(C(F)(F)F)cc2)CCC[C@](C)(O)C1=O.O=S(=O)(O)c1ccccc1. The fourth-order valence-corrected chi connectivity index (χ4v) is 4.08. The van der Waals surface area contributed by atoms with E-state index in [4.69, 9.17) is 4.55 Å². The summed E-state index contributed by atoms with van der Waals surface area (Å²) >= 11 is 0. The van der Waals surface area contributed by atoms with Crippen LogP contribution in [0, 0.1) is 0 Å². The lowest BCUT2D eigenvalue weighted by Crippen LogP contribution is -2.59. The second kappa shape index (κ2) is 9.07. The van der Waals surface area contributed by atoms with E-state index in [-0.39, 0.29) is 4.90 Å². The Bertz CT molecular complexity index is 1010. The number of alkyl halides is 3. The second-order valence-corrected chi connectivity index (χ2v) is 8.90. The molecule has 1 saturated carbocycles. The molecule has 1 aliphatic carbocycles. The number of nitrogens with one attached hydrogen (secondary N) is 1. The Morgan fingerprint density at radius 2 is 1.55 bits per heavy atom. The first-order valence-electron chi connectivity index (χ1n) is 9.40. The molecule has 2 aromatic carbocycles. The summed E-state index contributed by atoms with van der Waals surface area (Å²) in [6, 6.07) is 12.0. The van der Waals surface area contributed by atoms with Crippen LogP contribution in [-0.2, 0) is 26.6 Å². The summed E-state index contributed by atoms with van der Waals surface area (Å²) in [5.74, 6) is -0.400. The molecular formula is C21H24F3NO5S. The first-order chi connectivity index (χ1) is 14.2. The van der Waals surface area contributed by atoms with E-state index in [2.05, 4.69) is 5.32 Å². The van der Waals surface area contributed by atoms with Gasteiger partial charge in [-0.3, -0.25) is 9.35 Å². The molecule has 0 aromatic heterocycles. The van der Waals surface area contributed by atoms with Gasteiger partial charge >= 0.3 is 6.18 Å². The largest absolute Gasteiger partial charge is 0.416 e. The van der Waals surface area contributed by atoms with Gasteiger partial charge < -0.3 is 10.4 Å². The maximum absolute atomic E-state index is 12.6. The van der Waals surface area contributed by atoms with Crippen LogP contribution in [0.25, 0.3) is 0 Å². The first kappa shape index (κ1) is 25.0. The number of carbonyl (C=O) groups excluding carboxylic acids is 1. The summed E-state index contributed by atoms with van der Waals surface area (Å²) in [6.07, 6.45) is -2.99. The number of hydrogen-bond acceptors (Lipinski definition) is 5. The van der Waals surface area contributed by atoms with E-state index >= 15 is 0 Å². The second-order valence-electron chi connectivity index (χ2n) is 7.48. The van der Waals surface area contributed by atoms with E-state index in [9.17, 15) is 31.5 Å². The van der Waals surface area contributed by atoms with Gasteiger partial charge in [0, 0.05) is 0 Å². The van der Waals surface area contributed by atoms with Crippen molar-refractivity contribution in [3.63, 3.8) is 0 Å². The lowest BCUT2D eigenvalue weighted by molar-refractivity contribution is -0.148. The number of likely N-dealkylation sites (N-methyl/N-ethyl adjacent to an activating group) is 1. The number of benzene rings is 2. The zero-order chi connectivity index (χ0) is 23.5. The van der Waals surface area contributed by atoms with Crippen molar-refractivity contribution in [2.75, 3.05) is 7.05 Å².